The summed E-state index contributed by atoms with van der Waals surface area (Å²) in [4.78, 5) is 4.44. The maximum atomic E-state index is 5.58. The van der Waals surface area contributed by atoms with Crippen LogP contribution in [0.1, 0.15) is 24.5 Å². The molecule has 0 fully saturated rings. The summed E-state index contributed by atoms with van der Waals surface area (Å²) in [5.41, 5.74) is 0.785. The normalized spacial score (nSPS) is 12.8. The zero-order chi connectivity index (χ0) is 13.4. The minimum absolute atomic E-state index is 0.0184. The highest BCUT2D eigenvalue weighted by atomic mass is 79.9. The van der Waals surface area contributed by atoms with Gasteiger partial charge in [-0.3, -0.25) is 0 Å². The lowest BCUT2D eigenvalue weighted by Crippen LogP contribution is -2.06. The summed E-state index contributed by atoms with van der Waals surface area (Å²) >= 11 is 3.46. The number of aromatic nitrogens is 3. The van der Waals surface area contributed by atoms with Crippen LogP contribution in [0.3, 0.4) is 0 Å². The SMILES string of the molecule is Cc1ccc(C(C)Nc2nc3c(Br)cccn3n2)o1. The maximum absolute atomic E-state index is 5.58. The minimum atomic E-state index is 0.0184. The molecule has 3 rings (SSSR count). The summed E-state index contributed by atoms with van der Waals surface area (Å²) < 4.78 is 8.22. The number of fused-ring (bicyclic) bond motifs is 1. The van der Waals surface area contributed by atoms with Gasteiger partial charge in [-0.1, -0.05) is 0 Å². The van der Waals surface area contributed by atoms with Crippen LogP contribution in [-0.4, -0.2) is 14.6 Å². The molecule has 0 bridgehead atoms. The number of pyridine rings is 1. The highest BCUT2D eigenvalue weighted by molar-refractivity contribution is 9.10. The molecule has 0 amide bonds. The summed E-state index contributed by atoms with van der Waals surface area (Å²) in [7, 11) is 0. The Morgan fingerprint density at radius 1 is 1.37 bits per heavy atom. The predicted molar refractivity (Wildman–Crippen MR) is 76.2 cm³/mol. The van der Waals surface area contributed by atoms with Gasteiger partial charge in [0, 0.05) is 6.20 Å². The molecule has 6 heteroatoms. The van der Waals surface area contributed by atoms with E-state index in [2.05, 4.69) is 31.3 Å². The number of aryl methyl sites for hydroxylation is 1. The lowest BCUT2D eigenvalue weighted by Gasteiger charge is -2.08. The molecule has 1 unspecified atom stereocenters. The second-order valence-corrected chi connectivity index (χ2v) is 5.23. The van der Waals surface area contributed by atoms with E-state index in [0.717, 1.165) is 21.6 Å². The molecule has 0 aliphatic rings. The van der Waals surface area contributed by atoms with Crippen molar-refractivity contribution in [2.24, 2.45) is 0 Å². The van der Waals surface area contributed by atoms with Gasteiger partial charge < -0.3 is 9.73 Å². The fraction of sp³-hybridized carbons (Fsp3) is 0.231. The fourth-order valence-electron chi connectivity index (χ4n) is 1.89. The third-order valence-electron chi connectivity index (χ3n) is 2.85. The number of hydrogen-bond donors (Lipinski definition) is 1. The zero-order valence-corrected chi connectivity index (χ0v) is 12.2. The van der Waals surface area contributed by atoms with Crippen molar-refractivity contribution in [3.05, 3.63) is 46.5 Å². The molecule has 5 nitrogen and oxygen atoms in total. The highest BCUT2D eigenvalue weighted by Gasteiger charge is 2.13. The van der Waals surface area contributed by atoms with Crippen molar-refractivity contribution in [1.29, 1.82) is 0 Å². The lowest BCUT2D eigenvalue weighted by molar-refractivity contribution is 0.466. The van der Waals surface area contributed by atoms with Crippen LogP contribution in [0.15, 0.2) is 39.4 Å². The van der Waals surface area contributed by atoms with Gasteiger partial charge in [-0.05, 0) is 54.0 Å². The first-order valence-corrected chi connectivity index (χ1v) is 6.76. The third kappa shape index (κ3) is 2.35. The summed E-state index contributed by atoms with van der Waals surface area (Å²) in [6, 6.07) is 7.77. The van der Waals surface area contributed by atoms with Gasteiger partial charge in [0.25, 0.3) is 0 Å². The van der Waals surface area contributed by atoms with E-state index in [4.69, 9.17) is 4.42 Å². The summed E-state index contributed by atoms with van der Waals surface area (Å²) in [5.74, 6) is 2.35. The molecule has 1 atom stereocenters. The van der Waals surface area contributed by atoms with Crippen molar-refractivity contribution in [2.75, 3.05) is 5.32 Å². The second kappa shape index (κ2) is 4.70. The van der Waals surface area contributed by atoms with Crippen LogP contribution in [0.5, 0.6) is 0 Å². The average molecular weight is 321 g/mol. The number of rotatable bonds is 3. The molecule has 98 valence electrons. The standard InChI is InChI=1S/C13H13BrN4O/c1-8-5-6-11(19-8)9(2)15-13-16-12-10(14)4-3-7-18(12)17-13/h3-7,9H,1-2H3,(H,15,17). The first-order valence-electron chi connectivity index (χ1n) is 5.97. The Kier molecular flexibility index (Phi) is 3.02. The molecule has 19 heavy (non-hydrogen) atoms. The van der Waals surface area contributed by atoms with Gasteiger partial charge in [0.05, 0.1) is 10.5 Å². The monoisotopic (exact) mass is 320 g/mol. The van der Waals surface area contributed by atoms with Gasteiger partial charge in [0.15, 0.2) is 5.65 Å². The first kappa shape index (κ1) is 12.2. The van der Waals surface area contributed by atoms with Crippen molar-refractivity contribution in [2.45, 2.75) is 19.9 Å². The first-order chi connectivity index (χ1) is 9.13. The number of nitrogens with one attached hydrogen (secondary N) is 1. The zero-order valence-electron chi connectivity index (χ0n) is 10.6. The van der Waals surface area contributed by atoms with Crippen LogP contribution < -0.4 is 5.32 Å². The smallest absolute Gasteiger partial charge is 0.243 e. The maximum Gasteiger partial charge on any atom is 0.243 e. The molecule has 0 saturated heterocycles. The Hall–Kier alpha value is -1.82. The molecule has 1 N–H and O–H groups in total. The van der Waals surface area contributed by atoms with Gasteiger partial charge in [-0.15, -0.1) is 5.10 Å². The van der Waals surface area contributed by atoms with E-state index in [9.17, 15) is 0 Å². The number of anilines is 1. The Balaban J connectivity index is 1.87. The van der Waals surface area contributed by atoms with Gasteiger partial charge in [0.2, 0.25) is 5.95 Å². The quantitative estimate of drug-likeness (QED) is 0.801. The van der Waals surface area contributed by atoms with Crippen molar-refractivity contribution < 1.29 is 4.42 Å². The summed E-state index contributed by atoms with van der Waals surface area (Å²) in [5, 5.41) is 7.60. The molecule has 3 heterocycles. The molecule has 0 aliphatic carbocycles. The van der Waals surface area contributed by atoms with Crippen LogP contribution in [0.4, 0.5) is 5.95 Å². The molecule has 3 aromatic rings. The molecule has 0 aromatic carbocycles. The van der Waals surface area contributed by atoms with E-state index in [1.807, 2.05) is 44.3 Å². The Morgan fingerprint density at radius 3 is 2.89 bits per heavy atom. The highest BCUT2D eigenvalue weighted by Crippen LogP contribution is 2.21. The molecular formula is C13H13BrN4O. The topological polar surface area (TPSA) is 55.4 Å². The second-order valence-electron chi connectivity index (χ2n) is 4.37. The Bertz CT molecular complexity index is 718. The van der Waals surface area contributed by atoms with Crippen LogP contribution in [0, 0.1) is 6.92 Å². The van der Waals surface area contributed by atoms with Crippen LogP contribution in [0.25, 0.3) is 5.65 Å². The number of nitrogens with zero attached hydrogens (tertiary/aromatic N) is 3. The molecule has 0 spiro atoms. The van der Waals surface area contributed by atoms with Crippen molar-refractivity contribution >= 4 is 27.5 Å². The van der Waals surface area contributed by atoms with E-state index in [1.54, 1.807) is 4.52 Å². The van der Waals surface area contributed by atoms with Gasteiger partial charge in [-0.2, -0.15) is 4.98 Å². The van der Waals surface area contributed by atoms with Crippen molar-refractivity contribution in [3.63, 3.8) is 0 Å². The van der Waals surface area contributed by atoms with Gasteiger partial charge in [-0.25, -0.2) is 4.52 Å². The van der Waals surface area contributed by atoms with E-state index in [0.29, 0.717) is 5.95 Å². The molecule has 0 saturated carbocycles. The summed E-state index contributed by atoms with van der Waals surface area (Å²) in [6.45, 7) is 3.94. The lowest BCUT2D eigenvalue weighted by atomic mass is 10.2. The summed E-state index contributed by atoms with van der Waals surface area (Å²) in [6.07, 6.45) is 1.86. The molecule has 0 radical (unpaired) electrons. The van der Waals surface area contributed by atoms with E-state index in [1.165, 1.54) is 0 Å². The van der Waals surface area contributed by atoms with Gasteiger partial charge in [0.1, 0.15) is 11.5 Å². The molecule has 3 aromatic heterocycles. The number of halogens is 1. The third-order valence-corrected chi connectivity index (χ3v) is 3.47. The van der Waals surface area contributed by atoms with E-state index >= 15 is 0 Å². The average Bonchev–Trinajstić information content (AvgIpc) is 2.96. The van der Waals surface area contributed by atoms with Crippen LogP contribution in [0.2, 0.25) is 0 Å². The van der Waals surface area contributed by atoms with Crippen LogP contribution >= 0.6 is 15.9 Å². The van der Waals surface area contributed by atoms with E-state index < -0.39 is 0 Å². The Morgan fingerprint density at radius 2 is 2.21 bits per heavy atom. The number of furan rings is 1. The van der Waals surface area contributed by atoms with E-state index in [-0.39, 0.29) is 6.04 Å². The largest absolute Gasteiger partial charge is 0.464 e. The molecular weight excluding hydrogens is 308 g/mol. The predicted octanol–water partition coefficient (Wildman–Crippen LogP) is 3.57. The van der Waals surface area contributed by atoms with Crippen molar-refractivity contribution in [3.8, 4) is 0 Å². The fourth-order valence-corrected chi connectivity index (χ4v) is 2.31. The van der Waals surface area contributed by atoms with Gasteiger partial charge >= 0.3 is 0 Å². The van der Waals surface area contributed by atoms with Crippen LogP contribution in [-0.2, 0) is 0 Å². The van der Waals surface area contributed by atoms with Crippen molar-refractivity contribution in [1.82, 2.24) is 14.6 Å². The minimum Gasteiger partial charge on any atom is -0.464 e. The number of hydrogen-bond acceptors (Lipinski definition) is 4. The Labute approximate surface area is 118 Å². The molecule has 0 aliphatic heterocycles.